The topological polar surface area (TPSA) is 40.5 Å². The Balaban J connectivity index is 2.41. The van der Waals surface area contributed by atoms with Gasteiger partial charge in [0.1, 0.15) is 5.75 Å². The van der Waals surface area contributed by atoms with E-state index in [1.165, 1.54) is 0 Å². The number of hydrogen-bond donors (Lipinski definition) is 1. The fourth-order valence-corrected chi connectivity index (χ4v) is 2.45. The lowest BCUT2D eigenvalue weighted by Gasteiger charge is -2.22. The molecule has 0 atom stereocenters. The highest BCUT2D eigenvalue weighted by Gasteiger charge is 2.19. The maximum Gasteiger partial charge on any atom is 0.257 e. The van der Waals surface area contributed by atoms with Crippen LogP contribution in [0.2, 0.25) is 0 Å². The lowest BCUT2D eigenvalue weighted by Crippen LogP contribution is -2.32. The standard InChI is InChI=1S/C17H21NO2/c1-3-11-18(12-4-2)17(20)15-10-9-13-7-5-6-8-14(13)16(15)19/h5-10,19H,3-4,11-12H2,1-2H3. The van der Waals surface area contributed by atoms with Gasteiger partial charge in [-0.3, -0.25) is 4.79 Å². The van der Waals surface area contributed by atoms with Crippen LogP contribution in [-0.2, 0) is 0 Å². The normalized spacial score (nSPS) is 10.7. The van der Waals surface area contributed by atoms with Crippen molar-refractivity contribution in [2.75, 3.05) is 13.1 Å². The van der Waals surface area contributed by atoms with Gasteiger partial charge in [0.25, 0.3) is 5.91 Å². The predicted octanol–water partition coefficient (Wildman–Crippen LogP) is 3.81. The second kappa shape index (κ2) is 6.42. The van der Waals surface area contributed by atoms with Crippen molar-refractivity contribution in [1.82, 2.24) is 4.90 Å². The van der Waals surface area contributed by atoms with E-state index >= 15 is 0 Å². The number of aromatic hydroxyl groups is 1. The van der Waals surface area contributed by atoms with Crippen LogP contribution in [0.4, 0.5) is 0 Å². The SMILES string of the molecule is CCCN(CCC)C(=O)c1ccc2ccccc2c1O. The lowest BCUT2D eigenvalue weighted by atomic mass is 10.0. The molecule has 0 saturated heterocycles. The molecule has 20 heavy (non-hydrogen) atoms. The van der Waals surface area contributed by atoms with Crippen LogP contribution in [0.15, 0.2) is 36.4 Å². The summed E-state index contributed by atoms with van der Waals surface area (Å²) in [5, 5.41) is 12.0. The van der Waals surface area contributed by atoms with E-state index in [0.717, 1.165) is 36.7 Å². The van der Waals surface area contributed by atoms with Crippen molar-refractivity contribution in [3.05, 3.63) is 42.0 Å². The smallest absolute Gasteiger partial charge is 0.257 e. The average Bonchev–Trinajstić information content (AvgIpc) is 2.47. The van der Waals surface area contributed by atoms with Crippen LogP contribution in [0.1, 0.15) is 37.0 Å². The first-order chi connectivity index (χ1) is 9.69. The van der Waals surface area contributed by atoms with E-state index in [1.54, 1.807) is 6.07 Å². The number of rotatable bonds is 5. The Bertz CT molecular complexity index is 601. The zero-order valence-corrected chi connectivity index (χ0v) is 12.1. The fraction of sp³-hybridized carbons (Fsp3) is 0.353. The number of benzene rings is 2. The van der Waals surface area contributed by atoms with Gasteiger partial charge in [0.05, 0.1) is 5.56 Å². The number of nitrogens with zero attached hydrogens (tertiary/aromatic N) is 1. The van der Waals surface area contributed by atoms with Crippen LogP contribution < -0.4 is 0 Å². The van der Waals surface area contributed by atoms with Crippen LogP contribution in [0.25, 0.3) is 10.8 Å². The Hall–Kier alpha value is -2.03. The van der Waals surface area contributed by atoms with Gasteiger partial charge in [-0.15, -0.1) is 0 Å². The number of phenols is 1. The minimum Gasteiger partial charge on any atom is -0.506 e. The van der Waals surface area contributed by atoms with Crippen LogP contribution in [0.5, 0.6) is 5.75 Å². The van der Waals surface area contributed by atoms with Gasteiger partial charge in [0, 0.05) is 18.5 Å². The van der Waals surface area contributed by atoms with Gasteiger partial charge in [0.2, 0.25) is 0 Å². The molecule has 3 heteroatoms. The highest BCUT2D eigenvalue weighted by Crippen LogP contribution is 2.29. The number of phenolic OH excluding ortho intramolecular Hbond substituents is 1. The Morgan fingerprint density at radius 1 is 1.05 bits per heavy atom. The van der Waals surface area contributed by atoms with Crippen molar-refractivity contribution in [3.8, 4) is 5.75 Å². The molecule has 0 fully saturated rings. The molecule has 0 bridgehead atoms. The zero-order valence-electron chi connectivity index (χ0n) is 12.1. The van der Waals surface area contributed by atoms with Crippen molar-refractivity contribution in [2.24, 2.45) is 0 Å². The Morgan fingerprint density at radius 3 is 2.35 bits per heavy atom. The molecule has 0 aliphatic carbocycles. The van der Waals surface area contributed by atoms with E-state index in [9.17, 15) is 9.90 Å². The number of hydrogen-bond acceptors (Lipinski definition) is 2. The molecule has 0 aromatic heterocycles. The Morgan fingerprint density at radius 2 is 1.70 bits per heavy atom. The molecular formula is C17H21NO2. The van der Waals surface area contributed by atoms with Crippen LogP contribution in [0.3, 0.4) is 0 Å². The Kier molecular flexibility index (Phi) is 4.61. The molecule has 1 N–H and O–H groups in total. The second-order valence-corrected chi connectivity index (χ2v) is 4.98. The van der Waals surface area contributed by atoms with E-state index in [0.29, 0.717) is 5.56 Å². The molecule has 0 aliphatic rings. The first kappa shape index (κ1) is 14.4. The summed E-state index contributed by atoms with van der Waals surface area (Å²) in [5.74, 6) is 0.00209. The van der Waals surface area contributed by atoms with Gasteiger partial charge in [-0.1, -0.05) is 44.2 Å². The summed E-state index contributed by atoms with van der Waals surface area (Å²) in [6.45, 7) is 5.55. The molecule has 2 aromatic carbocycles. The third-order valence-electron chi connectivity index (χ3n) is 3.41. The maximum atomic E-state index is 12.6. The molecule has 0 aliphatic heterocycles. The van der Waals surface area contributed by atoms with E-state index in [-0.39, 0.29) is 11.7 Å². The fourth-order valence-electron chi connectivity index (χ4n) is 2.45. The lowest BCUT2D eigenvalue weighted by molar-refractivity contribution is 0.0753. The summed E-state index contributed by atoms with van der Waals surface area (Å²) in [6.07, 6.45) is 1.83. The number of amides is 1. The van der Waals surface area contributed by atoms with Gasteiger partial charge in [-0.2, -0.15) is 0 Å². The van der Waals surface area contributed by atoms with E-state index in [1.807, 2.05) is 35.2 Å². The highest BCUT2D eigenvalue weighted by molar-refractivity contribution is 6.03. The first-order valence-electron chi connectivity index (χ1n) is 7.19. The Labute approximate surface area is 119 Å². The van der Waals surface area contributed by atoms with Crippen molar-refractivity contribution in [3.63, 3.8) is 0 Å². The minimum absolute atomic E-state index is 0.0862. The molecule has 0 spiro atoms. The number of carbonyl (C=O) groups excluding carboxylic acids is 1. The molecule has 106 valence electrons. The minimum atomic E-state index is -0.0862. The summed E-state index contributed by atoms with van der Waals surface area (Å²) in [6, 6.07) is 11.2. The molecular weight excluding hydrogens is 250 g/mol. The van der Waals surface area contributed by atoms with Gasteiger partial charge >= 0.3 is 0 Å². The monoisotopic (exact) mass is 271 g/mol. The second-order valence-electron chi connectivity index (χ2n) is 4.98. The summed E-state index contributed by atoms with van der Waals surface area (Å²) in [7, 11) is 0. The molecule has 2 aromatic rings. The molecule has 0 heterocycles. The highest BCUT2D eigenvalue weighted by atomic mass is 16.3. The quantitative estimate of drug-likeness (QED) is 0.898. The maximum absolute atomic E-state index is 12.6. The largest absolute Gasteiger partial charge is 0.506 e. The predicted molar refractivity (Wildman–Crippen MR) is 82.1 cm³/mol. The summed E-state index contributed by atoms with van der Waals surface area (Å²) >= 11 is 0. The van der Waals surface area contributed by atoms with Crippen LogP contribution in [-0.4, -0.2) is 29.0 Å². The van der Waals surface area contributed by atoms with E-state index in [4.69, 9.17) is 0 Å². The number of carbonyl (C=O) groups is 1. The molecule has 0 radical (unpaired) electrons. The third kappa shape index (κ3) is 2.77. The van der Waals surface area contributed by atoms with Crippen molar-refractivity contribution in [2.45, 2.75) is 26.7 Å². The molecule has 3 nitrogen and oxygen atoms in total. The van der Waals surface area contributed by atoms with Crippen molar-refractivity contribution < 1.29 is 9.90 Å². The van der Waals surface area contributed by atoms with Crippen molar-refractivity contribution >= 4 is 16.7 Å². The van der Waals surface area contributed by atoms with Gasteiger partial charge in [0.15, 0.2) is 0 Å². The zero-order chi connectivity index (χ0) is 14.5. The molecule has 0 unspecified atom stereocenters. The van der Waals surface area contributed by atoms with E-state index < -0.39 is 0 Å². The molecule has 1 amide bonds. The van der Waals surface area contributed by atoms with Crippen LogP contribution in [0, 0.1) is 0 Å². The first-order valence-corrected chi connectivity index (χ1v) is 7.19. The molecule has 0 saturated carbocycles. The average molecular weight is 271 g/mol. The summed E-state index contributed by atoms with van der Waals surface area (Å²) < 4.78 is 0. The van der Waals surface area contributed by atoms with Gasteiger partial charge < -0.3 is 10.0 Å². The van der Waals surface area contributed by atoms with Crippen LogP contribution >= 0.6 is 0 Å². The molecule has 2 rings (SSSR count). The third-order valence-corrected chi connectivity index (χ3v) is 3.41. The van der Waals surface area contributed by atoms with Gasteiger partial charge in [-0.05, 0) is 24.3 Å². The van der Waals surface area contributed by atoms with Crippen molar-refractivity contribution in [1.29, 1.82) is 0 Å². The summed E-state index contributed by atoms with van der Waals surface area (Å²) in [5.41, 5.74) is 0.394. The van der Waals surface area contributed by atoms with Gasteiger partial charge in [-0.25, -0.2) is 0 Å². The summed E-state index contributed by atoms with van der Waals surface area (Å²) in [4.78, 5) is 14.4. The number of fused-ring (bicyclic) bond motifs is 1. The van der Waals surface area contributed by atoms with E-state index in [2.05, 4.69) is 13.8 Å².